The van der Waals surface area contributed by atoms with Gasteiger partial charge in [0.15, 0.2) is 0 Å². The number of esters is 1. The van der Waals surface area contributed by atoms with Gasteiger partial charge in [0.1, 0.15) is 6.04 Å². The van der Waals surface area contributed by atoms with Crippen LogP contribution >= 0.6 is 0 Å². The zero-order valence-corrected chi connectivity index (χ0v) is 11.2. The number of rotatable bonds is 6. The lowest BCUT2D eigenvalue weighted by molar-refractivity contribution is -0.147. The van der Waals surface area contributed by atoms with Gasteiger partial charge in [0.2, 0.25) is 0 Å². The molecule has 1 N–H and O–H groups in total. The predicted molar refractivity (Wildman–Crippen MR) is 65.9 cm³/mol. The molecule has 0 bridgehead atoms. The summed E-state index contributed by atoms with van der Waals surface area (Å²) in [5, 5.41) is 3.22. The van der Waals surface area contributed by atoms with E-state index < -0.39 is 0 Å². The van der Waals surface area contributed by atoms with E-state index in [0.717, 1.165) is 25.9 Å². The zero-order valence-electron chi connectivity index (χ0n) is 11.2. The van der Waals surface area contributed by atoms with Crippen molar-refractivity contribution in [2.75, 3.05) is 34.3 Å². The maximum Gasteiger partial charge on any atom is 0.325 e. The van der Waals surface area contributed by atoms with Crippen molar-refractivity contribution in [2.24, 2.45) is 0 Å². The molecule has 0 saturated carbocycles. The third-order valence-electron chi connectivity index (χ3n) is 3.01. The van der Waals surface area contributed by atoms with Crippen LogP contribution in [0.25, 0.3) is 0 Å². The van der Waals surface area contributed by atoms with Gasteiger partial charge in [-0.3, -0.25) is 4.79 Å². The molecule has 1 aliphatic rings. The van der Waals surface area contributed by atoms with Crippen molar-refractivity contribution in [3.63, 3.8) is 0 Å². The number of hydrogen-bond donors (Lipinski definition) is 1. The molecule has 5 heteroatoms. The fourth-order valence-electron chi connectivity index (χ4n) is 2.02. The zero-order chi connectivity index (χ0) is 12.8. The van der Waals surface area contributed by atoms with Crippen LogP contribution in [-0.4, -0.2) is 63.4 Å². The number of methoxy groups -OCH3 is 1. The summed E-state index contributed by atoms with van der Waals surface area (Å²) in [5.41, 5.74) is 0. The van der Waals surface area contributed by atoms with Crippen molar-refractivity contribution in [3.8, 4) is 0 Å². The highest BCUT2D eigenvalue weighted by Crippen LogP contribution is 2.22. The molecule has 0 spiro atoms. The molecule has 0 aromatic heterocycles. The van der Waals surface area contributed by atoms with Crippen molar-refractivity contribution < 1.29 is 14.3 Å². The number of likely N-dealkylation sites (N-methyl/N-ethyl adjacent to an activating group) is 1. The maximum atomic E-state index is 11.7. The minimum atomic E-state index is -0.343. The molecule has 3 unspecified atom stereocenters. The van der Waals surface area contributed by atoms with Crippen LogP contribution in [0.4, 0.5) is 0 Å². The van der Waals surface area contributed by atoms with Crippen molar-refractivity contribution in [1.82, 2.24) is 10.2 Å². The number of hydrogen-bond acceptors (Lipinski definition) is 5. The Kier molecular flexibility index (Phi) is 5.88. The van der Waals surface area contributed by atoms with Crippen LogP contribution < -0.4 is 5.32 Å². The molecular formula is C12H24N2O3. The molecule has 1 fully saturated rings. The number of ether oxygens (including phenoxy) is 2. The minimum absolute atomic E-state index is 0.0559. The lowest BCUT2D eigenvalue weighted by Gasteiger charge is -2.23. The highest BCUT2D eigenvalue weighted by Gasteiger charge is 2.34. The molecular weight excluding hydrogens is 220 g/mol. The lowest BCUT2D eigenvalue weighted by atomic mass is 10.1. The van der Waals surface area contributed by atoms with Crippen molar-refractivity contribution >= 4 is 5.97 Å². The third kappa shape index (κ3) is 4.61. The fraction of sp³-hybridized carbons (Fsp3) is 0.917. The average molecular weight is 244 g/mol. The molecule has 5 nitrogen and oxygen atoms in total. The van der Waals surface area contributed by atoms with E-state index in [0.29, 0.717) is 0 Å². The molecule has 0 aliphatic carbocycles. The molecule has 1 heterocycles. The van der Waals surface area contributed by atoms with Gasteiger partial charge in [-0.1, -0.05) is 0 Å². The summed E-state index contributed by atoms with van der Waals surface area (Å²) in [6, 6.07) is -0.343. The van der Waals surface area contributed by atoms with E-state index in [-0.39, 0.29) is 24.2 Å². The average Bonchev–Trinajstić information content (AvgIpc) is 2.69. The molecule has 17 heavy (non-hydrogen) atoms. The van der Waals surface area contributed by atoms with E-state index in [9.17, 15) is 4.79 Å². The molecule has 3 atom stereocenters. The van der Waals surface area contributed by atoms with Gasteiger partial charge in [0, 0.05) is 13.1 Å². The van der Waals surface area contributed by atoms with Crippen LogP contribution in [-0.2, 0) is 14.3 Å². The number of carbonyl (C=O) groups excluding carboxylic acids is 1. The van der Waals surface area contributed by atoms with Crippen molar-refractivity contribution in [3.05, 3.63) is 0 Å². The Morgan fingerprint density at radius 2 is 2.24 bits per heavy atom. The normalized spacial score (nSPS) is 26.2. The maximum absolute atomic E-state index is 11.7. The topological polar surface area (TPSA) is 50.8 Å². The first-order chi connectivity index (χ1) is 8.04. The quantitative estimate of drug-likeness (QED) is 0.679. The van der Waals surface area contributed by atoms with Gasteiger partial charge >= 0.3 is 5.97 Å². The number of nitrogens with zero attached hydrogens (tertiary/aromatic N) is 1. The smallest absolute Gasteiger partial charge is 0.325 e. The fourth-order valence-corrected chi connectivity index (χ4v) is 2.02. The second-order valence-corrected chi connectivity index (χ2v) is 4.82. The van der Waals surface area contributed by atoms with E-state index >= 15 is 0 Å². The molecule has 1 aliphatic heterocycles. The standard InChI is InChI=1S/C12H24N2O3/c1-9-5-6-10(17-9)11(12(15)16-4)13-7-8-14(2)3/h9-11,13H,5-8H2,1-4H3. The SMILES string of the molecule is COC(=O)C(NCCN(C)C)C1CCC(C)O1. The van der Waals surface area contributed by atoms with Gasteiger partial charge < -0.3 is 19.7 Å². The Morgan fingerprint density at radius 3 is 2.71 bits per heavy atom. The molecule has 0 amide bonds. The Morgan fingerprint density at radius 1 is 1.53 bits per heavy atom. The molecule has 0 aromatic carbocycles. The Labute approximate surface area is 103 Å². The van der Waals surface area contributed by atoms with Gasteiger partial charge in [0.25, 0.3) is 0 Å². The summed E-state index contributed by atoms with van der Waals surface area (Å²) in [7, 11) is 5.42. The van der Waals surface area contributed by atoms with Crippen LogP contribution in [0, 0.1) is 0 Å². The van der Waals surface area contributed by atoms with Crippen molar-refractivity contribution in [2.45, 2.75) is 38.0 Å². The monoisotopic (exact) mass is 244 g/mol. The molecule has 100 valence electrons. The van der Waals surface area contributed by atoms with Crippen LogP contribution in [0.1, 0.15) is 19.8 Å². The first kappa shape index (κ1) is 14.4. The van der Waals surface area contributed by atoms with Gasteiger partial charge in [-0.25, -0.2) is 0 Å². The van der Waals surface area contributed by atoms with Crippen LogP contribution in [0.3, 0.4) is 0 Å². The van der Waals surface area contributed by atoms with Crippen LogP contribution in [0.5, 0.6) is 0 Å². The van der Waals surface area contributed by atoms with E-state index in [1.165, 1.54) is 7.11 Å². The summed E-state index contributed by atoms with van der Waals surface area (Å²) in [6.45, 7) is 3.67. The van der Waals surface area contributed by atoms with Gasteiger partial charge in [-0.05, 0) is 33.9 Å². The Hall–Kier alpha value is -0.650. The van der Waals surface area contributed by atoms with E-state index in [1.807, 2.05) is 21.0 Å². The summed E-state index contributed by atoms with van der Waals surface area (Å²) in [5.74, 6) is -0.233. The summed E-state index contributed by atoms with van der Waals surface area (Å²) < 4.78 is 10.5. The van der Waals surface area contributed by atoms with Gasteiger partial charge in [0.05, 0.1) is 19.3 Å². The Bertz CT molecular complexity index is 246. The predicted octanol–water partition coefficient (Wildman–Crippen LogP) is 0.247. The summed E-state index contributed by atoms with van der Waals surface area (Å²) in [4.78, 5) is 13.8. The molecule has 1 rings (SSSR count). The van der Waals surface area contributed by atoms with Crippen LogP contribution in [0.2, 0.25) is 0 Å². The van der Waals surface area contributed by atoms with Crippen molar-refractivity contribution in [1.29, 1.82) is 0 Å². The molecule has 0 radical (unpaired) electrons. The number of carbonyl (C=O) groups is 1. The Balaban J connectivity index is 2.46. The first-order valence-corrected chi connectivity index (χ1v) is 6.16. The van der Waals surface area contributed by atoms with Crippen LogP contribution in [0.15, 0.2) is 0 Å². The largest absolute Gasteiger partial charge is 0.468 e. The third-order valence-corrected chi connectivity index (χ3v) is 3.01. The summed E-state index contributed by atoms with van der Waals surface area (Å²) in [6.07, 6.45) is 2.10. The van der Waals surface area contributed by atoms with Gasteiger partial charge in [-0.2, -0.15) is 0 Å². The highest BCUT2D eigenvalue weighted by atomic mass is 16.5. The van der Waals surface area contributed by atoms with E-state index in [4.69, 9.17) is 9.47 Å². The number of nitrogens with one attached hydrogen (secondary N) is 1. The first-order valence-electron chi connectivity index (χ1n) is 6.16. The molecule has 0 aromatic rings. The van der Waals surface area contributed by atoms with Gasteiger partial charge in [-0.15, -0.1) is 0 Å². The lowest BCUT2D eigenvalue weighted by Crippen LogP contribution is -2.48. The second kappa shape index (κ2) is 6.93. The summed E-state index contributed by atoms with van der Waals surface area (Å²) >= 11 is 0. The van der Waals surface area contributed by atoms with E-state index in [1.54, 1.807) is 0 Å². The minimum Gasteiger partial charge on any atom is -0.468 e. The second-order valence-electron chi connectivity index (χ2n) is 4.82. The van der Waals surface area contributed by atoms with E-state index in [2.05, 4.69) is 10.2 Å². The highest BCUT2D eigenvalue weighted by molar-refractivity contribution is 5.76. The molecule has 1 saturated heterocycles.